The van der Waals surface area contributed by atoms with Crippen molar-refractivity contribution in [1.29, 1.82) is 0 Å². The highest BCUT2D eigenvalue weighted by Gasteiger charge is 2.14. The predicted molar refractivity (Wildman–Crippen MR) is 62.6 cm³/mol. The second kappa shape index (κ2) is 7.24. The van der Waals surface area contributed by atoms with Gasteiger partial charge in [0.1, 0.15) is 0 Å². The van der Waals surface area contributed by atoms with Gasteiger partial charge in [0.05, 0.1) is 6.10 Å². The third-order valence-corrected chi connectivity index (χ3v) is 2.11. The summed E-state index contributed by atoms with van der Waals surface area (Å²) in [7, 11) is 0. The molecule has 0 fully saturated rings. The smallest absolute Gasteiger partial charge is 0.0722 e. The molecule has 86 valence electrons. The van der Waals surface area contributed by atoms with Gasteiger partial charge in [-0.3, -0.25) is 0 Å². The molecule has 0 aromatic rings. The molecule has 1 N–H and O–H groups in total. The molecule has 0 spiro atoms. The monoisotopic (exact) mass is 201 g/mol. The molecule has 0 radical (unpaired) electrons. The molecule has 0 aliphatic carbocycles. The van der Waals surface area contributed by atoms with Crippen molar-refractivity contribution in [2.45, 2.75) is 53.7 Å². The summed E-state index contributed by atoms with van der Waals surface area (Å²) in [6.45, 7) is 15.0. The van der Waals surface area contributed by atoms with Crippen LogP contribution in [-0.2, 0) is 4.74 Å². The molecule has 14 heavy (non-hydrogen) atoms. The minimum atomic E-state index is 0.347. The van der Waals surface area contributed by atoms with Crippen molar-refractivity contribution in [1.82, 2.24) is 5.32 Å². The van der Waals surface area contributed by atoms with E-state index in [4.69, 9.17) is 4.74 Å². The van der Waals surface area contributed by atoms with E-state index in [9.17, 15) is 0 Å². The zero-order valence-corrected chi connectivity index (χ0v) is 10.6. The summed E-state index contributed by atoms with van der Waals surface area (Å²) in [6, 6.07) is 0.541. The number of nitrogens with one attached hydrogen (secondary N) is 1. The summed E-state index contributed by atoms with van der Waals surface area (Å²) in [5.74, 6) is 1.20. The molecule has 0 amide bonds. The van der Waals surface area contributed by atoms with Crippen LogP contribution in [0.4, 0.5) is 0 Å². The minimum absolute atomic E-state index is 0.347. The van der Waals surface area contributed by atoms with E-state index in [1.54, 1.807) is 0 Å². The molecule has 0 bridgehead atoms. The van der Waals surface area contributed by atoms with E-state index in [1.165, 1.54) is 0 Å². The molecular weight excluding hydrogens is 174 g/mol. The van der Waals surface area contributed by atoms with Crippen LogP contribution in [0.5, 0.6) is 0 Å². The largest absolute Gasteiger partial charge is 0.376 e. The number of ether oxygens (including phenoxy) is 1. The van der Waals surface area contributed by atoms with E-state index >= 15 is 0 Å². The van der Waals surface area contributed by atoms with Crippen molar-refractivity contribution < 1.29 is 4.74 Å². The predicted octanol–water partition coefficient (Wildman–Crippen LogP) is 2.68. The van der Waals surface area contributed by atoms with Crippen LogP contribution in [0.15, 0.2) is 0 Å². The van der Waals surface area contributed by atoms with Gasteiger partial charge in [0.25, 0.3) is 0 Å². The Hall–Kier alpha value is -0.0800. The van der Waals surface area contributed by atoms with Crippen LogP contribution in [-0.4, -0.2) is 25.3 Å². The third kappa shape index (κ3) is 7.34. The van der Waals surface area contributed by atoms with Gasteiger partial charge in [0, 0.05) is 19.2 Å². The van der Waals surface area contributed by atoms with Gasteiger partial charge in [0.2, 0.25) is 0 Å². The van der Waals surface area contributed by atoms with E-state index in [0.29, 0.717) is 24.0 Å². The Bertz CT molecular complexity index is 120. The van der Waals surface area contributed by atoms with Crippen LogP contribution in [0.1, 0.15) is 41.5 Å². The first-order chi connectivity index (χ1) is 6.43. The molecule has 0 saturated heterocycles. The van der Waals surface area contributed by atoms with Crippen LogP contribution < -0.4 is 5.32 Å². The van der Waals surface area contributed by atoms with Crippen molar-refractivity contribution in [3.8, 4) is 0 Å². The van der Waals surface area contributed by atoms with Crippen molar-refractivity contribution in [2.24, 2.45) is 11.8 Å². The van der Waals surface area contributed by atoms with Gasteiger partial charge in [-0.05, 0) is 11.8 Å². The number of rotatable bonds is 7. The summed E-state index contributed by atoms with van der Waals surface area (Å²) in [4.78, 5) is 0. The molecule has 1 atom stereocenters. The summed E-state index contributed by atoms with van der Waals surface area (Å²) in [6.07, 6.45) is 0.347. The highest BCUT2D eigenvalue weighted by atomic mass is 16.5. The first-order valence-corrected chi connectivity index (χ1v) is 5.78. The maximum absolute atomic E-state index is 5.85. The van der Waals surface area contributed by atoms with Crippen molar-refractivity contribution in [3.63, 3.8) is 0 Å². The summed E-state index contributed by atoms with van der Waals surface area (Å²) in [5, 5.41) is 3.43. The van der Waals surface area contributed by atoms with E-state index in [2.05, 4.69) is 46.9 Å². The molecule has 0 rings (SSSR count). The van der Waals surface area contributed by atoms with Crippen molar-refractivity contribution >= 4 is 0 Å². The van der Waals surface area contributed by atoms with Gasteiger partial charge in [-0.15, -0.1) is 0 Å². The lowest BCUT2D eigenvalue weighted by Gasteiger charge is -2.24. The molecule has 2 nitrogen and oxygen atoms in total. The molecule has 0 aliphatic rings. The molecule has 0 saturated carbocycles. The quantitative estimate of drug-likeness (QED) is 0.684. The molecule has 1 unspecified atom stereocenters. The Morgan fingerprint density at radius 1 is 1.00 bits per heavy atom. The Labute approximate surface area is 89.4 Å². The Kier molecular flexibility index (Phi) is 7.20. The lowest BCUT2D eigenvalue weighted by molar-refractivity contribution is 0.00748. The number of hydrogen-bond donors (Lipinski definition) is 1. The topological polar surface area (TPSA) is 21.3 Å². The van der Waals surface area contributed by atoms with Crippen LogP contribution >= 0.6 is 0 Å². The lowest BCUT2D eigenvalue weighted by Crippen LogP contribution is -2.37. The van der Waals surface area contributed by atoms with Crippen molar-refractivity contribution in [2.75, 3.05) is 13.2 Å². The first kappa shape index (κ1) is 13.9. The maximum Gasteiger partial charge on any atom is 0.0722 e. The average molecular weight is 201 g/mol. The molecule has 0 heterocycles. The van der Waals surface area contributed by atoms with E-state index in [1.807, 2.05) is 0 Å². The van der Waals surface area contributed by atoms with Crippen LogP contribution in [0.25, 0.3) is 0 Å². The van der Waals surface area contributed by atoms with Crippen LogP contribution in [0.2, 0.25) is 0 Å². The Morgan fingerprint density at radius 3 is 1.93 bits per heavy atom. The standard InChI is InChI=1S/C12H27NO/c1-9(2)8-14-12(10(3)4)7-13-11(5)6/h9-13H,7-8H2,1-6H3. The number of hydrogen-bond acceptors (Lipinski definition) is 2. The fraction of sp³-hybridized carbons (Fsp3) is 1.00. The normalized spacial score (nSPS) is 14.4. The second-order valence-corrected chi connectivity index (χ2v) is 5.07. The minimum Gasteiger partial charge on any atom is -0.376 e. The van der Waals surface area contributed by atoms with E-state index in [-0.39, 0.29) is 0 Å². The molecule has 0 aromatic carbocycles. The van der Waals surface area contributed by atoms with Gasteiger partial charge >= 0.3 is 0 Å². The fourth-order valence-electron chi connectivity index (χ4n) is 1.15. The van der Waals surface area contributed by atoms with Gasteiger partial charge in [-0.25, -0.2) is 0 Å². The summed E-state index contributed by atoms with van der Waals surface area (Å²) in [5.41, 5.74) is 0. The van der Waals surface area contributed by atoms with Crippen molar-refractivity contribution in [3.05, 3.63) is 0 Å². The first-order valence-electron chi connectivity index (χ1n) is 5.78. The van der Waals surface area contributed by atoms with E-state index in [0.717, 1.165) is 13.2 Å². The van der Waals surface area contributed by atoms with Gasteiger partial charge in [0.15, 0.2) is 0 Å². The second-order valence-electron chi connectivity index (χ2n) is 5.07. The summed E-state index contributed by atoms with van der Waals surface area (Å²) < 4.78 is 5.85. The lowest BCUT2D eigenvalue weighted by atomic mass is 10.1. The Balaban J connectivity index is 3.78. The average Bonchev–Trinajstić information content (AvgIpc) is 2.02. The Morgan fingerprint density at radius 2 is 1.57 bits per heavy atom. The van der Waals surface area contributed by atoms with E-state index < -0.39 is 0 Å². The molecule has 2 heteroatoms. The fourth-order valence-corrected chi connectivity index (χ4v) is 1.15. The summed E-state index contributed by atoms with van der Waals surface area (Å²) >= 11 is 0. The third-order valence-electron chi connectivity index (χ3n) is 2.11. The molecule has 0 aliphatic heterocycles. The van der Waals surface area contributed by atoms with Crippen LogP contribution in [0.3, 0.4) is 0 Å². The zero-order chi connectivity index (χ0) is 11.1. The maximum atomic E-state index is 5.85. The molecule has 0 aromatic heterocycles. The van der Waals surface area contributed by atoms with Crippen LogP contribution in [0, 0.1) is 11.8 Å². The van der Waals surface area contributed by atoms with Gasteiger partial charge in [-0.1, -0.05) is 41.5 Å². The molecular formula is C12H27NO. The van der Waals surface area contributed by atoms with Gasteiger partial charge < -0.3 is 10.1 Å². The highest BCUT2D eigenvalue weighted by molar-refractivity contribution is 4.67. The zero-order valence-electron chi connectivity index (χ0n) is 10.6. The SMILES string of the molecule is CC(C)COC(CNC(C)C)C(C)C. The van der Waals surface area contributed by atoms with Gasteiger partial charge in [-0.2, -0.15) is 0 Å². The highest BCUT2D eigenvalue weighted by Crippen LogP contribution is 2.08.